The summed E-state index contributed by atoms with van der Waals surface area (Å²) in [6, 6.07) is 7.92. The van der Waals surface area contributed by atoms with E-state index in [1.165, 1.54) is 5.56 Å². The number of benzene rings is 1. The van der Waals surface area contributed by atoms with Crippen molar-refractivity contribution in [1.29, 1.82) is 0 Å². The van der Waals surface area contributed by atoms with Gasteiger partial charge in [-0.3, -0.25) is 0 Å². The minimum absolute atomic E-state index is 0.0559. The summed E-state index contributed by atoms with van der Waals surface area (Å²) >= 11 is 9.29. The molecule has 5 heteroatoms. The summed E-state index contributed by atoms with van der Waals surface area (Å²) in [4.78, 5) is 4.48. The van der Waals surface area contributed by atoms with Crippen LogP contribution in [0.25, 0.3) is 0 Å². The minimum Gasteiger partial charge on any atom is -0.327 e. The average Bonchev–Trinajstić information content (AvgIpc) is 2.73. The third-order valence-corrected chi connectivity index (χ3v) is 5.33. The molecule has 0 fully saturated rings. The van der Waals surface area contributed by atoms with Gasteiger partial charge in [-0.05, 0) is 31.5 Å². The second-order valence-electron chi connectivity index (χ2n) is 4.20. The molecule has 1 heterocycles. The van der Waals surface area contributed by atoms with E-state index in [1.807, 2.05) is 38.1 Å². The van der Waals surface area contributed by atoms with Crippen molar-refractivity contribution in [2.45, 2.75) is 29.5 Å². The third-order valence-electron chi connectivity index (χ3n) is 2.50. The molecule has 0 spiro atoms. The molecule has 0 saturated carbocycles. The normalized spacial score (nSPS) is 14.4. The number of thioether (sulfide) groups is 1. The fourth-order valence-corrected chi connectivity index (χ4v) is 3.87. The Balaban J connectivity index is 2.20. The fraction of sp³-hybridized carbons (Fsp3) is 0.308. The second-order valence-corrected chi connectivity index (χ2v) is 6.89. The van der Waals surface area contributed by atoms with E-state index in [0.29, 0.717) is 0 Å². The van der Waals surface area contributed by atoms with Gasteiger partial charge >= 0.3 is 0 Å². The Kier molecular flexibility index (Phi) is 4.67. The maximum atomic E-state index is 6.08. The van der Waals surface area contributed by atoms with Crippen molar-refractivity contribution in [3.05, 3.63) is 45.9 Å². The van der Waals surface area contributed by atoms with E-state index >= 15 is 0 Å². The van der Waals surface area contributed by atoms with Gasteiger partial charge in [0.15, 0.2) is 4.34 Å². The van der Waals surface area contributed by atoms with Gasteiger partial charge in [-0.25, -0.2) is 4.98 Å². The summed E-state index contributed by atoms with van der Waals surface area (Å²) in [6.45, 7) is 4.02. The SMILES string of the molecule is Cc1csc(SC(c2ccc(Cl)cc2)C(C)N)n1. The van der Waals surface area contributed by atoms with Gasteiger partial charge in [0.25, 0.3) is 0 Å². The maximum absolute atomic E-state index is 6.08. The summed E-state index contributed by atoms with van der Waals surface area (Å²) in [5, 5.41) is 3.01. The van der Waals surface area contributed by atoms with Crippen LogP contribution in [0.5, 0.6) is 0 Å². The van der Waals surface area contributed by atoms with E-state index in [0.717, 1.165) is 15.1 Å². The molecular weight excluding hydrogens is 284 g/mol. The van der Waals surface area contributed by atoms with Crippen LogP contribution >= 0.6 is 34.7 Å². The van der Waals surface area contributed by atoms with Crippen LogP contribution < -0.4 is 5.73 Å². The van der Waals surface area contributed by atoms with Crippen LogP contribution in [-0.4, -0.2) is 11.0 Å². The van der Waals surface area contributed by atoms with Crippen molar-refractivity contribution in [1.82, 2.24) is 4.98 Å². The molecule has 0 saturated heterocycles. The smallest absolute Gasteiger partial charge is 0.150 e. The molecule has 1 aromatic carbocycles. The van der Waals surface area contributed by atoms with Gasteiger partial charge in [-0.15, -0.1) is 11.3 Å². The predicted octanol–water partition coefficient (Wildman–Crippen LogP) is 4.29. The Bertz CT molecular complexity index is 508. The van der Waals surface area contributed by atoms with E-state index in [-0.39, 0.29) is 11.3 Å². The number of nitrogens with zero attached hydrogens (tertiary/aromatic N) is 1. The first kappa shape index (κ1) is 13.9. The monoisotopic (exact) mass is 298 g/mol. The highest BCUT2D eigenvalue weighted by atomic mass is 35.5. The van der Waals surface area contributed by atoms with Crippen molar-refractivity contribution in [3.63, 3.8) is 0 Å². The largest absolute Gasteiger partial charge is 0.327 e. The van der Waals surface area contributed by atoms with Crippen LogP contribution in [0.3, 0.4) is 0 Å². The Morgan fingerprint density at radius 3 is 2.50 bits per heavy atom. The van der Waals surface area contributed by atoms with E-state index in [1.54, 1.807) is 23.1 Å². The highest BCUT2D eigenvalue weighted by Gasteiger charge is 2.19. The van der Waals surface area contributed by atoms with E-state index in [9.17, 15) is 0 Å². The topological polar surface area (TPSA) is 38.9 Å². The molecule has 2 aromatic rings. The van der Waals surface area contributed by atoms with Gasteiger partial charge < -0.3 is 5.73 Å². The van der Waals surface area contributed by atoms with Gasteiger partial charge in [0.2, 0.25) is 0 Å². The number of hydrogen-bond donors (Lipinski definition) is 1. The zero-order valence-corrected chi connectivity index (χ0v) is 12.6. The Labute approximate surface area is 121 Å². The number of halogens is 1. The number of aryl methyl sites for hydroxylation is 1. The molecule has 0 radical (unpaired) electrons. The number of thiazole rings is 1. The molecule has 0 aliphatic heterocycles. The average molecular weight is 299 g/mol. The van der Waals surface area contributed by atoms with Crippen molar-refractivity contribution in [2.24, 2.45) is 5.73 Å². The number of hydrogen-bond acceptors (Lipinski definition) is 4. The highest BCUT2D eigenvalue weighted by molar-refractivity contribution is 8.01. The van der Waals surface area contributed by atoms with E-state index in [4.69, 9.17) is 17.3 Å². The Hall–Kier alpha value is -0.550. The lowest BCUT2D eigenvalue weighted by atomic mass is 10.1. The summed E-state index contributed by atoms with van der Waals surface area (Å²) in [7, 11) is 0. The van der Waals surface area contributed by atoms with Crippen LogP contribution in [-0.2, 0) is 0 Å². The predicted molar refractivity (Wildman–Crippen MR) is 80.6 cm³/mol. The van der Waals surface area contributed by atoms with Crippen LogP contribution in [0, 0.1) is 6.92 Å². The molecule has 1 aromatic heterocycles. The zero-order chi connectivity index (χ0) is 13.1. The number of aromatic nitrogens is 1. The molecule has 18 heavy (non-hydrogen) atoms. The molecule has 2 unspecified atom stereocenters. The minimum atomic E-state index is 0.0559. The maximum Gasteiger partial charge on any atom is 0.150 e. The summed E-state index contributed by atoms with van der Waals surface area (Å²) in [6.07, 6.45) is 0. The summed E-state index contributed by atoms with van der Waals surface area (Å²) in [5.74, 6) is 0. The van der Waals surface area contributed by atoms with E-state index in [2.05, 4.69) is 10.4 Å². The molecule has 2 atom stereocenters. The van der Waals surface area contributed by atoms with Crippen LogP contribution in [0.2, 0.25) is 5.02 Å². The van der Waals surface area contributed by atoms with Crippen molar-refractivity contribution in [3.8, 4) is 0 Å². The van der Waals surface area contributed by atoms with Crippen LogP contribution in [0.15, 0.2) is 34.0 Å². The first-order valence-corrected chi connectivity index (χ1v) is 7.80. The quantitative estimate of drug-likeness (QED) is 0.856. The lowest BCUT2D eigenvalue weighted by molar-refractivity contribution is 0.721. The molecule has 0 bridgehead atoms. The molecular formula is C13H15ClN2S2. The first-order valence-electron chi connectivity index (χ1n) is 5.66. The summed E-state index contributed by atoms with van der Waals surface area (Å²) in [5.41, 5.74) is 8.33. The van der Waals surface area contributed by atoms with Gasteiger partial charge in [0.1, 0.15) is 0 Å². The van der Waals surface area contributed by atoms with Crippen molar-refractivity contribution >= 4 is 34.7 Å². The zero-order valence-electron chi connectivity index (χ0n) is 10.3. The Morgan fingerprint density at radius 2 is 2.00 bits per heavy atom. The standard InChI is InChI=1S/C13H15ClN2S2/c1-8-7-17-13(16-8)18-12(9(2)15)10-3-5-11(14)6-4-10/h3-7,9,12H,15H2,1-2H3. The third kappa shape index (κ3) is 3.48. The molecule has 2 nitrogen and oxygen atoms in total. The number of nitrogens with two attached hydrogens (primary N) is 1. The van der Waals surface area contributed by atoms with Gasteiger partial charge in [0, 0.05) is 22.1 Å². The highest BCUT2D eigenvalue weighted by Crippen LogP contribution is 2.38. The molecule has 0 aliphatic carbocycles. The lowest BCUT2D eigenvalue weighted by Gasteiger charge is -2.19. The first-order chi connectivity index (χ1) is 8.56. The molecule has 96 valence electrons. The molecule has 0 aliphatic rings. The number of rotatable bonds is 4. The van der Waals surface area contributed by atoms with Gasteiger partial charge in [0.05, 0.1) is 5.25 Å². The van der Waals surface area contributed by atoms with Crippen molar-refractivity contribution < 1.29 is 0 Å². The lowest BCUT2D eigenvalue weighted by Crippen LogP contribution is -2.22. The molecule has 2 N–H and O–H groups in total. The van der Waals surface area contributed by atoms with E-state index < -0.39 is 0 Å². The summed E-state index contributed by atoms with van der Waals surface area (Å²) < 4.78 is 1.06. The van der Waals surface area contributed by atoms with Crippen LogP contribution in [0.4, 0.5) is 0 Å². The van der Waals surface area contributed by atoms with Gasteiger partial charge in [-0.2, -0.15) is 0 Å². The Morgan fingerprint density at radius 1 is 1.33 bits per heavy atom. The van der Waals surface area contributed by atoms with Crippen LogP contribution in [0.1, 0.15) is 23.4 Å². The second kappa shape index (κ2) is 6.06. The van der Waals surface area contributed by atoms with Gasteiger partial charge in [-0.1, -0.05) is 35.5 Å². The fourth-order valence-electron chi connectivity index (χ4n) is 1.63. The molecule has 2 rings (SSSR count). The van der Waals surface area contributed by atoms with Crippen molar-refractivity contribution in [2.75, 3.05) is 0 Å². The molecule has 0 amide bonds.